The normalized spacial score (nSPS) is 36.7. The molecule has 1 N–H and O–H groups in total. The molecular formula is C8H14O2. The van der Waals surface area contributed by atoms with Gasteiger partial charge in [-0.05, 0) is 6.92 Å². The Kier molecular flexibility index (Phi) is 1.84. The molecule has 1 aliphatic heterocycles. The van der Waals surface area contributed by atoms with Gasteiger partial charge in [0.2, 0.25) is 0 Å². The topological polar surface area (TPSA) is 32.8 Å². The summed E-state index contributed by atoms with van der Waals surface area (Å²) in [5.41, 5.74) is -0.284. The third-order valence-corrected chi connectivity index (χ3v) is 2.10. The van der Waals surface area contributed by atoms with E-state index in [1.165, 1.54) is 0 Å². The van der Waals surface area contributed by atoms with Crippen molar-refractivity contribution in [1.82, 2.24) is 0 Å². The largest absolute Gasteiger partial charge is 0.389 e. The van der Waals surface area contributed by atoms with Crippen LogP contribution in [0.15, 0.2) is 12.7 Å². The molecule has 2 nitrogen and oxygen atoms in total. The van der Waals surface area contributed by atoms with Crippen LogP contribution >= 0.6 is 0 Å². The second-order valence-electron chi connectivity index (χ2n) is 3.14. The third-order valence-electron chi connectivity index (χ3n) is 2.10. The van der Waals surface area contributed by atoms with Crippen LogP contribution in [0.5, 0.6) is 0 Å². The Morgan fingerprint density at radius 1 is 1.80 bits per heavy atom. The van der Waals surface area contributed by atoms with Crippen molar-refractivity contribution in [1.29, 1.82) is 0 Å². The summed E-state index contributed by atoms with van der Waals surface area (Å²) in [4.78, 5) is 0. The van der Waals surface area contributed by atoms with Gasteiger partial charge in [-0.1, -0.05) is 13.0 Å². The van der Waals surface area contributed by atoms with E-state index < -0.39 is 6.10 Å². The second kappa shape index (κ2) is 2.36. The molecule has 1 fully saturated rings. The van der Waals surface area contributed by atoms with E-state index in [-0.39, 0.29) is 11.5 Å². The van der Waals surface area contributed by atoms with Crippen LogP contribution in [0.4, 0.5) is 0 Å². The molecule has 0 aromatic rings. The average molecular weight is 142 g/mol. The standard InChI is InChI=1S/C8H14O2/c1-4-6(2)7(9)8(3)5-10-8/h4,6-7,9H,1,5H2,2-3H3/t6-,7-,8+/m0/s1. The predicted octanol–water partition coefficient (Wildman–Crippen LogP) is 0.958. The van der Waals surface area contributed by atoms with Crippen LogP contribution in [0.1, 0.15) is 13.8 Å². The molecule has 3 atom stereocenters. The molecule has 1 rings (SSSR count). The van der Waals surface area contributed by atoms with Gasteiger partial charge in [0.05, 0.1) is 12.7 Å². The maximum absolute atomic E-state index is 9.52. The van der Waals surface area contributed by atoms with Gasteiger partial charge in [0.15, 0.2) is 0 Å². The summed E-state index contributed by atoms with van der Waals surface area (Å²) in [6.45, 7) is 8.13. The molecule has 1 aliphatic rings. The summed E-state index contributed by atoms with van der Waals surface area (Å²) in [7, 11) is 0. The number of aliphatic hydroxyl groups excluding tert-OH is 1. The highest BCUT2D eigenvalue weighted by atomic mass is 16.6. The van der Waals surface area contributed by atoms with Crippen molar-refractivity contribution in [3.05, 3.63) is 12.7 Å². The van der Waals surface area contributed by atoms with Crippen LogP contribution in [0.3, 0.4) is 0 Å². The Labute approximate surface area is 61.5 Å². The highest BCUT2D eigenvalue weighted by Crippen LogP contribution is 2.33. The first-order valence-electron chi connectivity index (χ1n) is 3.55. The quantitative estimate of drug-likeness (QED) is 0.470. The van der Waals surface area contributed by atoms with Crippen molar-refractivity contribution in [3.63, 3.8) is 0 Å². The minimum Gasteiger partial charge on any atom is -0.389 e. The first-order valence-corrected chi connectivity index (χ1v) is 3.55. The summed E-state index contributed by atoms with van der Waals surface area (Å²) < 4.78 is 5.08. The molecule has 0 saturated carbocycles. The van der Waals surface area contributed by atoms with Crippen molar-refractivity contribution in [2.45, 2.75) is 25.6 Å². The van der Waals surface area contributed by atoms with E-state index in [2.05, 4.69) is 6.58 Å². The Hall–Kier alpha value is -0.340. The van der Waals surface area contributed by atoms with Gasteiger partial charge in [0.25, 0.3) is 0 Å². The number of epoxide rings is 1. The van der Waals surface area contributed by atoms with Crippen LogP contribution in [0.25, 0.3) is 0 Å². The maximum atomic E-state index is 9.52. The van der Waals surface area contributed by atoms with Crippen LogP contribution in [0.2, 0.25) is 0 Å². The zero-order chi connectivity index (χ0) is 7.78. The minimum absolute atomic E-state index is 0.118. The van der Waals surface area contributed by atoms with E-state index in [1.807, 2.05) is 13.8 Å². The van der Waals surface area contributed by atoms with Crippen molar-refractivity contribution >= 4 is 0 Å². The lowest BCUT2D eigenvalue weighted by Gasteiger charge is -2.18. The zero-order valence-electron chi connectivity index (χ0n) is 6.50. The van der Waals surface area contributed by atoms with Crippen LogP contribution in [-0.4, -0.2) is 23.4 Å². The van der Waals surface area contributed by atoms with Crippen molar-refractivity contribution < 1.29 is 9.84 Å². The van der Waals surface area contributed by atoms with E-state index in [9.17, 15) is 5.11 Å². The number of aliphatic hydroxyl groups is 1. The SMILES string of the molecule is C=C[C@H](C)[C@H](O)[C@@]1(C)CO1. The van der Waals surface area contributed by atoms with E-state index in [4.69, 9.17) is 4.74 Å². The predicted molar refractivity (Wildman–Crippen MR) is 39.7 cm³/mol. The molecule has 1 heterocycles. The molecule has 0 spiro atoms. The first kappa shape index (κ1) is 7.76. The molecule has 58 valence electrons. The van der Waals surface area contributed by atoms with E-state index in [0.717, 1.165) is 0 Å². The number of hydrogen-bond acceptors (Lipinski definition) is 2. The van der Waals surface area contributed by atoms with E-state index >= 15 is 0 Å². The number of ether oxygens (including phenoxy) is 1. The van der Waals surface area contributed by atoms with Crippen LogP contribution in [-0.2, 0) is 4.74 Å². The lowest BCUT2D eigenvalue weighted by molar-refractivity contribution is 0.0567. The van der Waals surface area contributed by atoms with Crippen molar-refractivity contribution in [2.24, 2.45) is 5.92 Å². The van der Waals surface area contributed by atoms with Gasteiger partial charge in [-0.2, -0.15) is 0 Å². The van der Waals surface area contributed by atoms with Crippen LogP contribution < -0.4 is 0 Å². The van der Waals surface area contributed by atoms with Gasteiger partial charge in [-0.25, -0.2) is 0 Å². The molecule has 0 bridgehead atoms. The molecule has 1 saturated heterocycles. The summed E-state index contributed by atoms with van der Waals surface area (Å²) in [6.07, 6.45) is 1.35. The smallest absolute Gasteiger partial charge is 0.115 e. The maximum Gasteiger partial charge on any atom is 0.115 e. The molecule has 10 heavy (non-hydrogen) atoms. The number of hydrogen-bond donors (Lipinski definition) is 1. The highest BCUT2D eigenvalue weighted by molar-refractivity contribution is 5.00. The Morgan fingerprint density at radius 2 is 2.30 bits per heavy atom. The molecule has 0 aromatic heterocycles. The van der Waals surface area contributed by atoms with Crippen molar-refractivity contribution in [2.75, 3.05) is 6.61 Å². The lowest BCUT2D eigenvalue weighted by atomic mass is 9.94. The lowest BCUT2D eigenvalue weighted by Crippen LogP contribution is -2.31. The Morgan fingerprint density at radius 3 is 2.60 bits per heavy atom. The first-order chi connectivity index (χ1) is 4.60. The molecule has 0 amide bonds. The van der Waals surface area contributed by atoms with Gasteiger partial charge >= 0.3 is 0 Å². The molecule has 0 aliphatic carbocycles. The van der Waals surface area contributed by atoms with E-state index in [0.29, 0.717) is 6.61 Å². The molecular weight excluding hydrogens is 128 g/mol. The minimum atomic E-state index is -0.398. The Balaban J connectivity index is 2.47. The van der Waals surface area contributed by atoms with Gasteiger partial charge in [-0.3, -0.25) is 0 Å². The fraction of sp³-hybridized carbons (Fsp3) is 0.750. The third kappa shape index (κ3) is 1.22. The van der Waals surface area contributed by atoms with Gasteiger partial charge in [0, 0.05) is 5.92 Å². The molecule has 0 aromatic carbocycles. The summed E-state index contributed by atoms with van der Waals surface area (Å²) in [5, 5.41) is 9.52. The zero-order valence-corrected chi connectivity index (χ0v) is 6.50. The van der Waals surface area contributed by atoms with Gasteiger partial charge in [-0.15, -0.1) is 6.58 Å². The fourth-order valence-corrected chi connectivity index (χ4v) is 0.970. The van der Waals surface area contributed by atoms with E-state index in [1.54, 1.807) is 6.08 Å². The number of rotatable bonds is 3. The fourth-order valence-electron chi connectivity index (χ4n) is 0.970. The van der Waals surface area contributed by atoms with Gasteiger partial charge in [0.1, 0.15) is 5.60 Å². The molecule has 0 radical (unpaired) electrons. The second-order valence-corrected chi connectivity index (χ2v) is 3.14. The summed E-state index contributed by atoms with van der Waals surface area (Å²) >= 11 is 0. The highest BCUT2D eigenvalue weighted by Gasteiger charge is 2.47. The molecule has 0 unspecified atom stereocenters. The van der Waals surface area contributed by atoms with Crippen LogP contribution in [0, 0.1) is 5.92 Å². The summed E-state index contributed by atoms with van der Waals surface area (Å²) in [5.74, 6) is 0.118. The molecule has 2 heteroatoms. The van der Waals surface area contributed by atoms with Gasteiger partial charge < -0.3 is 9.84 Å². The van der Waals surface area contributed by atoms with Crippen molar-refractivity contribution in [3.8, 4) is 0 Å². The Bertz CT molecular complexity index is 138. The average Bonchev–Trinajstić information content (AvgIpc) is 2.66. The monoisotopic (exact) mass is 142 g/mol. The summed E-state index contributed by atoms with van der Waals surface area (Å²) in [6, 6.07) is 0.